The standard InChI is InChI=1S/C24H29N3O3S/c1-16-10-12-22(30-16)17(2)26-27-21(20-14-19(28-3)11-13-23(20)29-4)15-31-24(27)25-18-8-6-5-7-9-18/h10-15,18H,5-9H2,1-4H3. The average molecular weight is 440 g/mol. The predicted octanol–water partition coefficient (Wildman–Crippen LogP) is 5.64. The highest BCUT2D eigenvalue weighted by molar-refractivity contribution is 7.07. The van der Waals surface area contributed by atoms with Gasteiger partial charge in [0, 0.05) is 10.9 Å². The average Bonchev–Trinajstić information content (AvgIpc) is 3.40. The number of aromatic nitrogens is 1. The van der Waals surface area contributed by atoms with Gasteiger partial charge in [-0.15, -0.1) is 11.3 Å². The third-order valence-electron chi connectivity index (χ3n) is 5.58. The molecule has 0 N–H and O–H groups in total. The van der Waals surface area contributed by atoms with Crippen molar-refractivity contribution in [3.8, 4) is 22.8 Å². The molecule has 2 aromatic heterocycles. The van der Waals surface area contributed by atoms with Gasteiger partial charge >= 0.3 is 0 Å². The zero-order chi connectivity index (χ0) is 21.8. The van der Waals surface area contributed by atoms with Crippen LogP contribution in [0.25, 0.3) is 11.3 Å². The summed E-state index contributed by atoms with van der Waals surface area (Å²) in [7, 11) is 3.34. The van der Waals surface area contributed by atoms with E-state index in [0.29, 0.717) is 6.04 Å². The van der Waals surface area contributed by atoms with E-state index in [1.165, 1.54) is 19.3 Å². The van der Waals surface area contributed by atoms with Gasteiger partial charge in [0.05, 0.1) is 26.0 Å². The molecular weight excluding hydrogens is 410 g/mol. The smallest absolute Gasteiger partial charge is 0.206 e. The van der Waals surface area contributed by atoms with Crippen molar-refractivity contribution in [2.75, 3.05) is 14.2 Å². The Morgan fingerprint density at radius 3 is 2.58 bits per heavy atom. The largest absolute Gasteiger partial charge is 0.497 e. The lowest BCUT2D eigenvalue weighted by Crippen LogP contribution is -2.19. The van der Waals surface area contributed by atoms with Gasteiger partial charge in [-0.25, -0.2) is 4.68 Å². The van der Waals surface area contributed by atoms with Crippen molar-refractivity contribution in [2.24, 2.45) is 10.1 Å². The fourth-order valence-corrected chi connectivity index (χ4v) is 4.77. The first-order valence-electron chi connectivity index (χ1n) is 10.7. The molecule has 0 spiro atoms. The second-order valence-corrected chi connectivity index (χ2v) is 8.63. The van der Waals surface area contributed by atoms with Crippen molar-refractivity contribution in [1.29, 1.82) is 0 Å². The first-order valence-corrected chi connectivity index (χ1v) is 11.6. The van der Waals surface area contributed by atoms with E-state index in [2.05, 4.69) is 5.38 Å². The van der Waals surface area contributed by atoms with Crippen LogP contribution in [0.3, 0.4) is 0 Å². The summed E-state index contributed by atoms with van der Waals surface area (Å²) in [6, 6.07) is 10.0. The second-order valence-electron chi connectivity index (χ2n) is 7.80. The van der Waals surface area contributed by atoms with Crippen LogP contribution in [-0.4, -0.2) is 30.6 Å². The van der Waals surface area contributed by atoms with Gasteiger partial charge < -0.3 is 13.9 Å². The zero-order valence-electron chi connectivity index (χ0n) is 18.6. The lowest BCUT2D eigenvalue weighted by molar-refractivity contribution is 0.404. The molecular formula is C24H29N3O3S. The number of aryl methyl sites for hydroxylation is 1. The van der Waals surface area contributed by atoms with Crippen LogP contribution in [0.15, 0.2) is 50.2 Å². The first-order chi connectivity index (χ1) is 15.1. The maximum atomic E-state index is 5.79. The van der Waals surface area contributed by atoms with Gasteiger partial charge in [0.25, 0.3) is 0 Å². The molecule has 0 aliphatic heterocycles. The van der Waals surface area contributed by atoms with Crippen LogP contribution in [0.4, 0.5) is 0 Å². The zero-order valence-corrected chi connectivity index (χ0v) is 19.4. The van der Waals surface area contributed by atoms with E-state index in [0.717, 1.165) is 57.6 Å². The summed E-state index contributed by atoms with van der Waals surface area (Å²) >= 11 is 1.60. The number of benzene rings is 1. The highest BCUT2D eigenvalue weighted by Crippen LogP contribution is 2.34. The second kappa shape index (κ2) is 9.56. The van der Waals surface area contributed by atoms with Gasteiger partial charge in [0.2, 0.25) is 4.80 Å². The molecule has 0 saturated heterocycles. The number of hydrogen-bond donors (Lipinski definition) is 0. The molecule has 0 unspecified atom stereocenters. The number of thiazole rings is 1. The number of nitrogens with zero attached hydrogens (tertiary/aromatic N) is 3. The molecule has 164 valence electrons. The summed E-state index contributed by atoms with van der Waals surface area (Å²) in [4.78, 5) is 5.97. The lowest BCUT2D eigenvalue weighted by atomic mass is 9.96. The molecule has 1 aromatic carbocycles. The Bertz CT molecular complexity index is 1130. The minimum Gasteiger partial charge on any atom is -0.497 e. The highest BCUT2D eigenvalue weighted by atomic mass is 32.1. The quantitative estimate of drug-likeness (QED) is 0.467. The van der Waals surface area contributed by atoms with Crippen LogP contribution >= 0.6 is 11.3 Å². The van der Waals surface area contributed by atoms with Gasteiger partial charge in [-0.3, -0.25) is 4.99 Å². The molecule has 1 aliphatic rings. The molecule has 31 heavy (non-hydrogen) atoms. The van der Waals surface area contributed by atoms with Crippen LogP contribution in [0.5, 0.6) is 11.5 Å². The molecule has 6 nitrogen and oxygen atoms in total. The summed E-state index contributed by atoms with van der Waals surface area (Å²) in [5, 5.41) is 7.02. The van der Waals surface area contributed by atoms with E-state index in [9.17, 15) is 0 Å². The van der Waals surface area contributed by atoms with E-state index in [1.807, 2.05) is 48.9 Å². The number of ether oxygens (including phenoxy) is 2. The van der Waals surface area contributed by atoms with Crippen LogP contribution < -0.4 is 14.3 Å². The summed E-state index contributed by atoms with van der Waals surface area (Å²) in [5.41, 5.74) is 2.62. The van der Waals surface area contributed by atoms with Gasteiger partial charge in [0.15, 0.2) is 0 Å². The molecule has 7 heteroatoms. The van der Waals surface area contributed by atoms with Crippen molar-refractivity contribution >= 4 is 17.0 Å². The van der Waals surface area contributed by atoms with Crippen LogP contribution in [0.2, 0.25) is 0 Å². The number of methoxy groups -OCH3 is 2. The van der Waals surface area contributed by atoms with Gasteiger partial charge in [-0.05, 0) is 57.0 Å². The third-order valence-corrected chi connectivity index (χ3v) is 6.41. The van der Waals surface area contributed by atoms with Crippen molar-refractivity contribution in [1.82, 2.24) is 4.68 Å². The Morgan fingerprint density at radius 2 is 1.90 bits per heavy atom. The van der Waals surface area contributed by atoms with Crippen molar-refractivity contribution in [3.63, 3.8) is 0 Å². The van der Waals surface area contributed by atoms with E-state index < -0.39 is 0 Å². The summed E-state index contributed by atoms with van der Waals surface area (Å²) in [5.74, 6) is 3.14. The first kappa shape index (κ1) is 21.4. The van der Waals surface area contributed by atoms with Crippen LogP contribution in [0, 0.1) is 6.92 Å². The molecule has 0 bridgehead atoms. The molecule has 1 fully saturated rings. The molecule has 1 saturated carbocycles. The third kappa shape index (κ3) is 4.77. The van der Waals surface area contributed by atoms with Crippen molar-refractivity contribution < 1.29 is 13.9 Å². The fourth-order valence-electron chi connectivity index (χ4n) is 3.88. The van der Waals surface area contributed by atoms with Gasteiger partial charge in [-0.2, -0.15) is 5.10 Å². The van der Waals surface area contributed by atoms with Crippen LogP contribution in [0.1, 0.15) is 50.5 Å². The molecule has 0 atom stereocenters. The molecule has 3 aromatic rings. The summed E-state index contributed by atoms with van der Waals surface area (Å²) in [6.07, 6.45) is 6.05. The molecule has 1 aliphatic carbocycles. The van der Waals surface area contributed by atoms with Crippen LogP contribution in [-0.2, 0) is 0 Å². The predicted molar refractivity (Wildman–Crippen MR) is 124 cm³/mol. The van der Waals surface area contributed by atoms with E-state index in [4.69, 9.17) is 24.0 Å². The van der Waals surface area contributed by atoms with Gasteiger partial charge in [-0.1, -0.05) is 19.3 Å². The van der Waals surface area contributed by atoms with E-state index in [-0.39, 0.29) is 0 Å². The fraction of sp³-hybridized carbons (Fsp3) is 0.417. The van der Waals surface area contributed by atoms with Crippen molar-refractivity contribution in [3.05, 3.63) is 52.0 Å². The minimum atomic E-state index is 0.347. The number of hydrogen-bond acceptors (Lipinski definition) is 6. The van der Waals surface area contributed by atoms with E-state index >= 15 is 0 Å². The SMILES string of the molecule is COc1ccc(OC)c(-c2csc(=NC3CCCCC3)n2N=C(C)c2ccc(C)o2)c1. The maximum absolute atomic E-state index is 5.79. The monoisotopic (exact) mass is 439 g/mol. The Kier molecular flexibility index (Phi) is 6.61. The highest BCUT2D eigenvalue weighted by Gasteiger charge is 2.17. The summed E-state index contributed by atoms with van der Waals surface area (Å²) in [6.45, 7) is 3.89. The van der Waals surface area contributed by atoms with Gasteiger partial charge in [0.1, 0.15) is 28.7 Å². The Labute approximate surface area is 186 Å². The molecule has 0 radical (unpaired) electrons. The summed E-state index contributed by atoms with van der Waals surface area (Å²) < 4.78 is 18.8. The Morgan fingerprint density at radius 1 is 1.10 bits per heavy atom. The van der Waals surface area contributed by atoms with Crippen molar-refractivity contribution in [2.45, 2.75) is 52.0 Å². The molecule has 0 amide bonds. The minimum absolute atomic E-state index is 0.347. The molecule has 4 rings (SSSR count). The number of rotatable bonds is 6. The topological polar surface area (TPSA) is 61.2 Å². The normalized spacial score (nSPS) is 16.0. The van der Waals surface area contributed by atoms with E-state index in [1.54, 1.807) is 25.6 Å². The number of furan rings is 1. The maximum Gasteiger partial charge on any atom is 0.206 e. The Hall–Kier alpha value is -2.80. The lowest BCUT2D eigenvalue weighted by Gasteiger charge is -2.17. The Balaban J connectivity index is 1.87. The molecule has 2 heterocycles.